The Labute approximate surface area is 150 Å². The number of benzene rings is 3. The van der Waals surface area contributed by atoms with Crippen LogP contribution in [0.15, 0.2) is 54.6 Å². The Kier molecular flexibility index (Phi) is 3.17. The molecule has 0 aliphatic heterocycles. The summed E-state index contributed by atoms with van der Waals surface area (Å²) in [5.74, 6) is -2.28. The lowest BCUT2D eigenvalue weighted by Crippen LogP contribution is -2.13. The van der Waals surface area contributed by atoms with Crippen LogP contribution in [0.2, 0.25) is 0 Å². The molecule has 1 aromatic heterocycles. The van der Waals surface area contributed by atoms with Crippen LogP contribution in [-0.4, -0.2) is 10.9 Å². The highest BCUT2D eigenvalue weighted by Gasteiger charge is 2.26. The fraction of sp³-hybridized carbons (Fsp3) is 0. The Morgan fingerprint density at radius 1 is 1.00 bits per heavy atom. The van der Waals surface area contributed by atoms with Crippen molar-refractivity contribution in [2.75, 3.05) is 5.32 Å². The highest BCUT2D eigenvalue weighted by Crippen LogP contribution is 2.50. The fourth-order valence-corrected chi connectivity index (χ4v) is 4.31. The molecule has 1 N–H and O–H groups in total. The zero-order valence-corrected chi connectivity index (χ0v) is 14.0. The standard InChI is InChI=1S/C20H10F2N2OS/c21-11-7-8-12(15(22)9-11)19(25)24-20-23-17-13-5-1-3-10-4-2-6-14(16(10)13)18(17)26-20/h1-9H,(H,23,24,25). The quantitative estimate of drug-likeness (QED) is 0.451. The van der Waals surface area contributed by atoms with Crippen LogP contribution >= 0.6 is 11.3 Å². The summed E-state index contributed by atoms with van der Waals surface area (Å²) in [6.07, 6.45) is 0. The molecule has 1 amide bonds. The molecular formula is C20H10F2N2OS. The second-order valence-electron chi connectivity index (χ2n) is 5.98. The van der Waals surface area contributed by atoms with Crippen LogP contribution in [0.1, 0.15) is 10.4 Å². The molecule has 0 atom stereocenters. The van der Waals surface area contributed by atoms with Gasteiger partial charge in [0.15, 0.2) is 5.13 Å². The van der Waals surface area contributed by atoms with E-state index in [0.29, 0.717) is 11.2 Å². The molecular weight excluding hydrogens is 354 g/mol. The third-order valence-electron chi connectivity index (χ3n) is 4.43. The first kappa shape index (κ1) is 15.2. The lowest BCUT2D eigenvalue weighted by atomic mass is 10.0. The van der Waals surface area contributed by atoms with Crippen molar-refractivity contribution >= 4 is 33.1 Å². The Morgan fingerprint density at radius 2 is 1.77 bits per heavy atom. The average molecular weight is 364 g/mol. The van der Waals surface area contributed by atoms with Crippen molar-refractivity contribution in [3.05, 3.63) is 71.8 Å². The van der Waals surface area contributed by atoms with E-state index in [9.17, 15) is 13.6 Å². The minimum absolute atomic E-state index is 0.218. The van der Waals surface area contributed by atoms with Crippen LogP contribution < -0.4 is 5.32 Å². The first-order chi connectivity index (χ1) is 12.6. The molecule has 1 aliphatic carbocycles. The van der Waals surface area contributed by atoms with Crippen molar-refractivity contribution < 1.29 is 13.6 Å². The molecule has 0 spiro atoms. The largest absolute Gasteiger partial charge is 0.298 e. The van der Waals surface area contributed by atoms with E-state index in [-0.39, 0.29) is 5.56 Å². The summed E-state index contributed by atoms with van der Waals surface area (Å²) >= 11 is 1.34. The number of rotatable bonds is 2. The van der Waals surface area contributed by atoms with Crippen LogP contribution in [-0.2, 0) is 0 Å². The maximum Gasteiger partial charge on any atom is 0.260 e. The monoisotopic (exact) mass is 364 g/mol. The number of aromatic nitrogens is 1. The summed E-state index contributed by atoms with van der Waals surface area (Å²) in [6.45, 7) is 0. The summed E-state index contributed by atoms with van der Waals surface area (Å²) in [5, 5.41) is 5.30. The molecule has 0 bridgehead atoms. The van der Waals surface area contributed by atoms with Gasteiger partial charge in [0.1, 0.15) is 11.6 Å². The third-order valence-corrected chi connectivity index (χ3v) is 5.43. The van der Waals surface area contributed by atoms with Crippen molar-refractivity contribution in [3.8, 4) is 21.7 Å². The van der Waals surface area contributed by atoms with Crippen molar-refractivity contribution in [2.24, 2.45) is 0 Å². The number of anilines is 1. The van der Waals surface area contributed by atoms with Gasteiger partial charge in [-0.2, -0.15) is 0 Å². The van der Waals surface area contributed by atoms with E-state index >= 15 is 0 Å². The maximum absolute atomic E-state index is 13.8. The van der Waals surface area contributed by atoms with Crippen LogP contribution in [0.4, 0.5) is 13.9 Å². The van der Waals surface area contributed by atoms with Gasteiger partial charge in [-0.25, -0.2) is 13.8 Å². The van der Waals surface area contributed by atoms with Crippen LogP contribution in [0, 0.1) is 11.6 Å². The number of amides is 1. The molecule has 6 heteroatoms. The molecule has 1 heterocycles. The maximum atomic E-state index is 13.8. The topological polar surface area (TPSA) is 42.0 Å². The van der Waals surface area contributed by atoms with Gasteiger partial charge < -0.3 is 0 Å². The highest BCUT2D eigenvalue weighted by molar-refractivity contribution is 7.20. The van der Waals surface area contributed by atoms with Gasteiger partial charge in [-0.05, 0) is 22.9 Å². The van der Waals surface area contributed by atoms with Gasteiger partial charge in [-0.1, -0.05) is 47.7 Å². The highest BCUT2D eigenvalue weighted by atomic mass is 32.1. The van der Waals surface area contributed by atoms with Crippen molar-refractivity contribution in [3.63, 3.8) is 0 Å². The predicted molar refractivity (Wildman–Crippen MR) is 98.4 cm³/mol. The van der Waals surface area contributed by atoms with Gasteiger partial charge in [0.25, 0.3) is 5.91 Å². The average Bonchev–Trinajstić information content (AvgIpc) is 3.15. The summed E-state index contributed by atoms with van der Waals surface area (Å²) < 4.78 is 26.8. The first-order valence-corrected chi connectivity index (χ1v) is 8.73. The van der Waals surface area contributed by atoms with Gasteiger partial charge in [0, 0.05) is 17.2 Å². The lowest BCUT2D eigenvalue weighted by Gasteiger charge is -2.04. The van der Waals surface area contributed by atoms with Gasteiger partial charge >= 0.3 is 0 Å². The van der Waals surface area contributed by atoms with Gasteiger partial charge in [0.05, 0.1) is 16.1 Å². The van der Waals surface area contributed by atoms with Crippen molar-refractivity contribution in [1.29, 1.82) is 0 Å². The van der Waals surface area contributed by atoms with Crippen molar-refractivity contribution in [1.82, 2.24) is 4.98 Å². The second-order valence-corrected chi connectivity index (χ2v) is 6.98. The van der Waals surface area contributed by atoms with Gasteiger partial charge in [-0.3, -0.25) is 10.1 Å². The van der Waals surface area contributed by atoms with Crippen molar-refractivity contribution in [2.45, 2.75) is 0 Å². The summed E-state index contributed by atoms with van der Waals surface area (Å²) in [4.78, 5) is 17.8. The van der Waals surface area contributed by atoms with Gasteiger partial charge in [0.2, 0.25) is 0 Å². The molecule has 4 aromatic rings. The lowest BCUT2D eigenvalue weighted by molar-refractivity contribution is 0.102. The minimum Gasteiger partial charge on any atom is -0.298 e. The molecule has 3 aromatic carbocycles. The van der Waals surface area contributed by atoms with Crippen LogP contribution in [0.25, 0.3) is 32.5 Å². The number of carbonyl (C=O) groups is 1. The van der Waals surface area contributed by atoms with Crippen LogP contribution in [0.5, 0.6) is 0 Å². The zero-order valence-electron chi connectivity index (χ0n) is 13.2. The number of hydrogen-bond donors (Lipinski definition) is 1. The van der Waals surface area contributed by atoms with E-state index in [0.717, 1.165) is 44.6 Å². The van der Waals surface area contributed by atoms with E-state index in [1.807, 2.05) is 24.3 Å². The van der Waals surface area contributed by atoms with E-state index in [1.54, 1.807) is 0 Å². The molecule has 0 saturated heterocycles. The third kappa shape index (κ3) is 2.16. The van der Waals surface area contributed by atoms with E-state index < -0.39 is 17.5 Å². The number of nitrogens with zero attached hydrogens (tertiary/aromatic N) is 1. The smallest absolute Gasteiger partial charge is 0.260 e. The Balaban J connectivity index is 1.53. The number of carbonyl (C=O) groups excluding carboxylic acids is 1. The van der Waals surface area contributed by atoms with E-state index in [4.69, 9.17) is 0 Å². The number of fused-ring (bicyclic) bond motifs is 3. The molecule has 5 rings (SSSR count). The summed E-state index contributed by atoms with van der Waals surface area (Å²) in [5.41, 5.74) is 2.71. The Morgan fingerprint density at radius 3 is 2.54 bits per heavy atom. The number of nitrogens with one attached hydrogen (secondary N) is 1. The number of thiazole rings is 1. The molecule has 0 unspecified atom stereocenters. The number of hydrogen-bond acceptors (Lipinski definition) is 3. The summed E-state index contributed by atoms with van der Waals surface area (Å²) in [7, 11) is 0. The summed E-state index contributed by atoms with van der Waals surface area (Å²) in [6, 6.07) is 15.0. The Bertz CT molecular complexity index is 1160. The fourth-order valence-electron chi connectivity index (χ4n) is 3.30. The zero-order chi connectivity index (χ0) is 17.8. The molecule has 0 fully saturated rings. The molecule has 0 saturated carbocycles. The Hall–Kier alpha value is -3.12. The molecule has 3 nitrogen and oxygen atoms in total. The van der Waals surface area contributed by atoms with E-state index in [2.05, 4.69) is 22.4 Å². The SMILES string of the molecule is O=C(Nc1nc2c(s1)-c1cccc3cccc-2c13)c1ccc(F)cc1F. The second kappa shape index (κ2) is 5.44. The minimum atomic E-state index is -0.901. The molecule has 26 heavy (non-hydrogen) atoms. The normalized spacial score (nSPS) is 11.6. The van der Waals surface area contributed by atoms with Crippen LogP contribution in [0.3, 0.4) is 0 Å². The number of halogens is 2. The molecule has 0 radical (unpaired) electrons. The van der Waals surface area contributed by atoms with Gasteiger partial charge in [-0.15, -0.1) is 0 Å². The molecule has 126 valence electrons. The predicted octanol–water partition coefficient (Wildman–Crippen LogP) is 5.47. The molecule has 1 aliphatic rings. The van der Waals surface area contributed by atoms with E-state index in [1.165, 1.54) is 11.3 Å². The first-order valence-electron chi connectivity index (χ1n) is 7.91.